The van der Waals surface area contributed by atoms with Gasteiger partial charge in [0.25, 0.3) is 5.91 Å². The Morgan fingerprint density at radius 3 is 2.45 bits per heavy atom. The van der Waals surface area contributed by atoms with Gasteiger partial charge in [0.05, 0.1) is 20.8 Å². The number of methoxy groups -OCH3 is 2. The second-order valence-corrected chi connectivity index (χ2v) is 7.58. The van der Waals surface area contributed by atoms with Gasteiger partial charge in [-0.3, -0.25) is 14.4 Å². The number of ether oxygens (including phenoxy) is 2. The number of piperidine rings is 1. The first-order valence-corrected chi connectivity index (χ1v) is 10.1. The predicted molar refractivity (Wildman–Crippen MR) is 107 cm³/mol. The average molecular weight is 403 g/mol. The van der Waals surface area contributed by atoms with Gasteiger partial charge in [0, 0.05) is 44.2 Å². The highest BCUT2D eigenvalue weighted by Gasteiger charge is 2.28. The lowest BCUT2D eigenvalue weighted by atomic mass is 9.97. The largest absolute Gasteiger partial charge is 0.497 e. The topological polar surface area (TPSA) is 88.2 Å². The molecule has 8 nitrogen and oxygen atoms in total. The minimum atomic E-state index is -0.201. The van der Waals surface area contributed by atoms with E-state index in [-0.39, 0.29) is 30.2 Å². The summed E-state index contributed by atoms with van der Waals surface area (Å²) in [6, 6.07) is 5.05. The molecule has 0 radical (unpaired) electrons. The molecule has 2 saturated heterocycles. The highest BCUT2D eigenvalue weighted by molar-refractivity contribution is 5.95. The second-order valence-electron chi connectivity index (χ2n) is 7.58. The number of nitrogens with zero attached hydrogens (tertiary/aromatic N) is 2. The van der Waals surface area contributed by atoms with Gasteiger partial charge in [0.1, 0.15) is 11.5 Å². The summed E-state index contributed by atoms with van der Waals surface area (Å²) >= 11 is 0. The van der Waals surface area contributed by atoms with Crippen LogP contribution in [0.3, 0.4) is 0 Å². The zero-order chi connectivity index (χ0) is 20.8. The zero-order valence-corrected chi connectivity index (χ0v) is 17.1. The Kier molecular flexibility index (Phi) is 6.95. The Morgan fingerprint density at radius 1 is 1.10 bits per heavy atom. The number of benzene rings is 1. The SMILES string of the molecule is COc1cc(OC)cc(C(=O)NC[C@@H]2CCCN(C(=O)CN3CCCC3=O)C2)c1. The third-order valence-corrected chi connectivity index (χ3v) is 5.53. The number of hydrogen-bond acceptors (Lipinski definition) is 5. The number of carbonyl (C=O) groups is 3. The molecule has 0 bridgehead atoms. The summed E-state index contributed by atoms with van der Waals surface area (Å²) in [5.74, 6) is 1.16. The number of amides is 3. The van der Waals surface area contributed by atoms with E-state index in [0.29, 0.717) is 49.7 Å². The average Bonchev–Trinajstić information content (AvgIpc) is 3.15. The molecule has 0 spiro atoms. The molecule has 2 aliphatic rings. The van der Waals surface area contributed by atoms with Crippen molar-refractivity contribution in [3.05, 3.63) is 23.8 Å². The molecule has 1 aromatic rings. The summed E-state index contributed by atoms with van der Waals surface area (Å²) in [4.78, 5) is 40.3. The monoisotopic (exact) mass is 403 g/mol. The molecule has 3 rings (SSSR count). The Labute approximate surface area is 171 Å². The van der Waals surface area contributed by atoms with E-state index < -0.39 is 0 Å². The minimum absolute atomic E-state index is 0.00573. The lowest BCUT2D eigenvalue weighted by Gasteiger charge is -2.34. The molecule has 0 aliphatic carbocycles. The molecule has 158 valence electrons. The van der Waals surface area contributed by atoms with E-state index in [1.807, 2.05) is 4.90 Å². The van der Waals surface area contributed by atoms with Crippen molar-refractivity contribution in [1.82, 2.24) is 15.1 Å². The van der Waals surface area contributed by atoms with Gasteiger partial charge in [-0.2, -0.15) is 0 Å². The predicted octanol–water partition coefficient (Wildman–Crippen LogP) is 1.29. The number of rotatable bonds is 7. The van der Waals surface area contributed by atoms with Gasteiger partial charge in [-0.05, 0) is 37.3 Å². The van der Waals surface area contributed by atoms with Gasteiger partial charge in [0.15, 0.2) is 0 Å². The van der Waals surface area contributed by atoms with Crippen LogP contribution in [-0.4, -0.2) is 74.5 Å². The summed E-state index contributed by atoms with van der Waals surface area (Å²) in [5.41, 5.74) is 0.470. The van der Waals surface area contributed by atoms with E-state index in [2.05, 4.69) is 5.32 Å². The van der Waals surface area contributed by atoms with Gasteiger partial charge in [-0.15, -0.1) is 0 Å². The molecule has 29 heavy (non-hydrogen) atoms. The van der Waals surface area contributed by atoms with Crippen LogP contribution < -0.4 is 14.8 Å². The van der Waals surface area contributed by atoms with Crippen molar-refractivity contribution in [3.63, 3.8) is 0 Å². The Bertz CT molecular complexity index is 744. The van der Waals surface area contributed by atoms with Crippen molar-refractivity contribution in [3.8, 4) is 11.5 Å². The molecule has 8 heteroatoms. The maximum atomic E-state index is 12.6. The molecule has 0 unspecified atom stereocenters. The van der Waals surface area contributed by atoms with E-state index in [1.54, 1.807) is 37.3 Å². The Hall–Kier alpha value is -2.77. The normalized spacial score (nSPS) is 19.2. The highest BCUT2D eigenvalue weighted by atomic mass is 16.5. The number of nitrogens with one attached hydrogen (secondary N) is 1. The summed E-state index contributed by atoms with van der Waals surface area (Å²) in [7, 11) is 3.08. The molecule has 2 heterocycles. The van der Waals surface area contributed by atoms with Crippen LogP contribution in [0.4, 0.5) is 0 Å². The summed E-state index contributed by atoms with van der Waals surface area (Å²) < 4.78 is 10.4. The van der Waals surface area contributed by atoms with Crippen molar-refractivity contribution >= 4 is 17.7 Å². The molecule has 2 aliphatic heterocycles. The lowest BCUT2D eigenvalue weighted by molar-refractivity contribution is -0.139. The van der Waals surface area contributed by atoms with Crippen molar-refractivity contribution < 1.29 is 23.9 Å². The number of hydrogen-bond donors (Lipinski definition) is 1. The van der Waals surface area contributed by atoms with Crippen LogP contribution in [0.2, 0.25) is 0 Å². The van der Waals surface area contributed by atoms with Crippen molar-refractivity contribution in [2.75, 3.05) is 46.9 Å². The van der Waals surface area contributed by atoms with Crippen molar-refractivity contribution in [1.29, 1.82) is 0 Å². The van der Waals surface area contributed by atoms with Crippen LogP contribution in [0.1, 0.15) is 36.0 Å². The van der Waals surface area contributed by atoms with E-state index in [4.69, 9.17) is 9.47 Å². The maximum absolute atomic E-state index is 12.6. The maximum Gasteiger partial charge on any atom is 0.251 e. The Balaban J connectivity index is 1.52. The van der Waals surface area contributed by atoms with Crippen LogP contribution >= 0.6 is 0 Å². The van der Waals surface area contributed by atoms with Gasteiger partial charge in [0.2, 0.25) is 11.8 Å². The number of carbonyl (C=O) groups excluding carboxylic acids is 3. The van der Waals surface area contributed by atoms with Crippen molar-refractivity contribution in [2.45, 2.75) is 25.7 Å². The third-order valence-electron chi connectivity index (χ3n) is 5.53. The molecule has 2 fully saturated rings. The molecule has 0 aromatic heterocycles. The first kappa shape index (κ1) is 21.0. The van der Waals surface area contributed by atoms with E-state index in [1.165, 1.54) is 0 Å². The van der Waals surface area contributed by atoms with E-state index in [0.717, 1.165) is 19.3 Å². The molecule has 0 saturated carbocycles. The smallest absolute Gasteiger partial charge is 0.251 e. The standard InChI is InChI=1S/C21H29N3O5/c1-28-17-9-16(10-18(11-17)29-2)21(27)22-12-15-5-3-7-23(13-15)20(26)14-24-8-4-6-19(24)25/h9-11,15H,3-8,12-14H2,1-2H3,(H,22,27)/t15-/m0/s1. The second kappa shape index (κ2) is 9.62. The van der Waals surface area contributed by atoms with Crippen LogP contribution in [0.15, 0.2) is 18.2 Å². The molecular weight excluding hydrogens is 374 g/mol. The van der Waals surface area contributed by atoms with Gasteiger partial charge < -0.3 is 24.6 Å². The fraction of sp³-hybridized carbons (Fsp3) is 0.571. The highest BCUT2D eigenvalue weighted by Crippen LogP contribution is 2.23. The Morgan fingerprint density at radius 2 is 1.83 bits per heavy atom. The lowest BCUT2D eigenvalue weighted by Crippen LogP contribution is -2.47. The molecular formula is C21H29N3O5. The molecule has 1 atom stereocenters. The number of likely N-dealkylation sites (tertiary alicyclic amines) is 2. The van der Waals surface area contributed by atoms with Crippen LogP contribution in [0, 0.1) is 5.92 Å². The van der Waals surface area contributed by atoms with Crippen molar-refractivity contribution in [2.24, 2.45) is 5.92 Å². The summed E-state index contributed by atoms with van der Waals surface area (Å²) in [6.45, 7) is 2.63. The van der Waals surface area contributed by atoms with Crippen LogP contribution in [-0.2, 0) is 9.59 Å². The fourth-order valence-electron chi connectivity index (χ4n) is 3.87. The third kappa shape index (κ3) is 5.40. The molecule has 1 aromatic carbocycles. The van der Waals surface area contributed by atoms with Crippen LogP contribution in [0.5, 0.6) is 11.5 Å². The quantitative estimate of drug-likeness (QED) is 0.741. The van der Waals surface area contributed by atoms with Gasteiger partial charge in [-0.25, -0.2) is 0 Å². The van der Waals surface area contributed by atoms with Gasteiger partial charge in [-0.1, -0.05) is 0 Å². The first-order valence-electron chi connectivity index (χ1n) is 10.1. The van der Waals surface area contributed by atoms with E-state index >= 15 is 0 Å². The first-order chi connectivity index (χ1) is 14.0. The molecule has 1 N–H and O–H groups in total. The zero-order valence-electron chi connectivity index (χ0n) is 17.1. The van der Waals surface area contributed by atoms with E-state index in [9.17, 15) is 14.4 Å². The summed E-state index contributed by atoms with van der Waals surface area (Å²) in [6.07, 6.45) is 3.22. The minimum Gasteiger partial charge on any atom is -0.497 e. The van der Waals surface area contributed by atoms with Crippen LogP contribution in [0.25, 0.3) is 0 Å². The summed E-state index contributed by atoms with van der Waals surface area (Å²) in [5, 5.41) is 2.96. The fourth-order valence-corrected chi connectivity index (χ4v) is 3.87. The molecule has 3 amide bonds. The van der Waals surface area contributed by atoms with Gasteiger partial charge >= 0.3 is 0 Å².